The molecule has 0 amide bonds. The van der Waals surface area contributed by atoms with E-state index < -0.39 is 22.7 Å². The van der Waals surface area contributed by atoms with Crippen LogP contribution in [0.3, 0.4) is 0 Å². The number of nitrogens with zero attached hydrogens (tertiary/aromatic N) is 1. The maximum atomic E-state index is 11.7. The van der Waals surface area contributed by atoms with Crippen molar-refractivity contribution >= 4 is 5.97 Å². The van der Waals surface area contributed by atoms with Crippen LogP contribution in [0.25, 0.3) is 0 Å². The molecule has 0 unspecified atom stereocenters. The Morgan fingerprint density at radius 1 is 1.21 bits per heavy atom. The van der Waals surface area contributed by atoms with E-state index in [9.17, 15) is 14.7 Å². The number of pyridine rings is 1. The number of carboxylic acids is 1. The molecule has 2 rings (SSSR count). The third-order valence-corrected chi connectivity index (χ3v) is 4.76. The van der Waals surface area contributed by atoms with Crippen molar-refractivity contribution in [1.82, 2.24) is 4.57 Å². The second kappa shape index (κ2) is 6.91. The highest BCUT2D eigenvalue weighted by molar-refractivity contribution is 5.87. The van der Waals surface area contributed by atoms with E-state index in [0.29, 0.717) is 6.54 Å². The highest BCUT2D eigenvalue weighted by atomic mass is 16.4. The Hall–Kier alpha value is -2.56. The van der Waals surface area contributed by atoms with Gasteiger partial charge in [0.2, 0.25) is 5.43 Å². The van der Waals surface area contributed by atoms with Gasteiger partial charge in [-0.15, -0.1) is 0 Å². The zero-order valence-corrected chi connectivity index (χ0v) is 14.2. The molecule has 1 aromatic heterocycles. The lowest BCUT2D eigenvalue weighted by molar-refractivity contribution is 0.0693. The first-order valence-electron chi connectivity index (χ1n) is 8.06. The second-order valence-corrected chi connectivity index (χ2v) is 6.22. The van der Waals surface area contributed by atoms with Gasteiger partial charge in [-0.05, 0) is 25.3 Å². The van der Waals surface area contributed by atoms with E-state index in [1.807, 2.05) is 19.1 Å². The Morgan fingerprint density at radius 3 is 2.42 bits per heavy atom. The number of benzene rings is 1. The zero-order chi connectivity index (χ0) is 17.9. The van der Waals surface area contributed by atoms with Crippen LogP contribution in [0.1, 0.15) is 48.2 Å². The normalized spacial score (nSPS) is 11.5. The van der Waals surface area contributed by atoms with Gasteiger partial charge in [-0.1, -0.05) is 43.7 Å². The average Bonchev–Trinajstić information content (AvgIpc) is 2.55. The second-order valence-electron chi connectivity index (χ2n) is 6.22. The van der Waals surface area contributed by atoms with Crippen molar-refractivity contribution in [3.05, 3.63) is 63.6 Å². The minimum absolute atomic E-state index is 0.205. The maximum Gasteiger partial charge on any atom is 0.341 e. The summed E-state index contributed by atoms with van der Waals surface area (Å²) in [7, 11) is 0. The van der Waals surface area contributed by atoms with Crippen LogP contribution in [0.5, 0.6) is 5.75 Å². The number of hydrogen-bond donors (Lipinski definition) is 2. The molecule has 0 aliphatic rings. The van der Waals surface area contributed by atoms with Gasteiger partial charge >= 0.3 is 5.97 Å². The number of carboxylic acid groups (broad SMARTS) is 1. The molecule has 0 saturated heterocycles. The molecule has 0 bridgehead atoms. The molecule has 5 nitrogen and oxygen atoms in total. The molecule has 24 heavy (non-hydrogen) atoms. The van der Waals surface area contributed by atoms with E-state index in [1.165, 1.54) is 18.0 Å². The minimum atomic E-state index is -1.33. The maximum absolute atomic E-state index is 11.7. The molecule has 2 N–H and O–H groups in total. The Kier molecular flexibility index (Phi) is 5.12. The lowest BCUT2D eigenvalue weighted by Gasteiger charge is -2.34. The van der Waals surface area contributed by atoms with E-state index in [1.54, 1.807) is 4.57 Å². The lowest BCUT2D eigenvalue weighted by atomic mass is 9.75. The first-order valence-corrected chi connectivity index (χ1v) is 8.06. The van der Waals surface area contributed by atoms with Crippen LogP contribution in [-0.4, -0.2) is 20.7 Å². The highest BCUT2D eigenvalue weighted by Gasteiger charge is 2.29. The van der Waals surface area contributed by atoms with Gasteiger partial charge in [0, 0.05) is 24.4 Å². The monoisotopic (exact) mass is 329 g/mol. The van der Waals surface area contributed by atoms with E-state index in [4.69, 9.17) is 5.11 Å². The Bertz CT molecular complexity index is 803. The van der Waals surface area contributed by atoms with Crippen molar-refractivity contribution in [3.63, 3.8) is 0 Å². The SMILES string of the molecule is CCC(CC)(Cn1cc(O)c(=O)c(C(=O)O)c1)c1cccc(C)c1. The van der Waals surface area contributed by atoms with Crippen molar-refractivity contribution in [2.75, 3.05) is 0 Å². The Balaban J connectivity index is 2.53. The predicted molar refractivity (Wildman–Crippen MR) is 92.8 cm³/mol. The van der Waals surface area contributed by atoms with Gasteiger partial charge < -0.3 is 14.8 Å². The molecular formula is C19H23NO4. The van der Waals surface area contributed by atoms with Gasteiger partial charge in [0.05, 0.1) is 0 Å². The van der Waals surface area contributed by atoms with Crippen LogP contribution in [0.15, 0.2) is 41.5 Å². The summed E-state index contributed by atoms with van der Waals surface area (Å²) in [4.78, 5) is 23.0. The van der Waals surface area contributed by atoms with E-state index in [0.717, 1.165) is 18.4 Å². The minimum Gasteiger partial charge on any atom is -0.503 e. The van der Waals surface area contributed by atoms with Gasteiger partial charge in [-0.3, -0.25) is 4.79 Å². The summed E-state index contributed by atoms with van der Waals surface area (Å²) >= 11 is 0. The summed E-state index contributed by atoms with van der Waals surface area (Å²) < 4.78 is 1.61. The number of carbonyl (C=O) groups is 1. The molecule has 2 aromatic rings. The third-order valence-electron chi connectivity index (χ3n) is 4.76. The molecule has 1 heterocycles. The van der Waals surface area contributed by atoms with E-state index in [2.05, 4.69) is 26.0 Å². The van der Waals surface area contributed by atoms with Crippen LogP contribution >= 0.6 is 0 Å². The largest absolute Gasteiger partial charge is 0.503 e. The van der Waals surface area contributed by atoms with Crippen molar-refractivity contribution in [2.24, 2.45) is 0 Å². The molecule has 0 spiro atoms. The quantitative estimate of drug-likeness (QED) is 0.852. The zero-order valence-electron chi connectivity index (χ0n) is 14.2. The molecule has 1 aromatic carbocycles. The first kappa shape index (κ1) is 17.8. The van der Waals surface area contributed by atoms with Gasteiger partial charge in [-0.2, -0.15) is 0 Å². The number of aryl methyl sites for hydroxylation is 1. The number of aromatic carboxylic acids is 1. The van der Waals surface area contributed by atoms with Crippen molar-refractivity contribution in [3.8, 4) is 5.75 Å². The van der Waals surface area contributed by atoms with Crippen molar-refractivity contribution in [1.29, 1.82) is 0 Å². The van der Waals surface area contributed by atoms with Crippen LogP contribution in [0.4, 0.5) is 0 Å². The lowest BCUT2D eigenvalue weighted by Crippen LogP contribution is -2.31. The topological polar surface area (TPSA) is 79.5 Å². The van der Waals surface area contributed by atoms with Gasteiger partial charge in [-0.25, -0.2) is 4.79 Å². The summed E-state index contributed by atoms with van der Waals surface area (Å²) in [6, 6.07) is 8.25. The molecular weight excluding hydrogens is 306 g/mol. The molecule has 0 aliphatic heterocycles. The van der Waals surface area contributed by atoms with Crippen molar-refractivity contribution < 1.29 is 15.0 Å². The Morgan fingerprint density at radius 2 is 1.88 bits per heavy atom. The Labute approximate surface area is 141 Å². The number of aromatic hydroxyl groups is 1. The molecule has 0 saturated carbocycles. The van der Waals surface area contributed by atoms with Crippen LogP contribution < -0.4 is 5.43 Å². The summed E-state index contributed by atoms with van der Waals surface area (Å²) in [6.45, 7) is 6.70. The average molecular weight is 329 g/mol. The first-order chi connectivity index (χ1) is 11.3. The van der Waals surface area contributed by atoms with E-state index in [-0.39, 0.29) is 5.41 Å². The third kappa shape index (κ3) is 3.35. The fraction of sp³-hybridized carbons (Fsp3) is 0.368. The molecule has 0 atom stereocenters. The van der Waals surface area contributed by atoms with E-state index >= 15 is 0 Å². The predicted octanol–water partition coefficient (Wildman–Crippen LogP) is 3.32. The molecule has 0 radical (unpaired) electrons. The van der Waals surface area contributed by atoms with Crippen LogP contribution in [0.2, 0.25) is 0 Å². The van der Waals surface area contributed by atoms with Crippen LogP contribution in [0, 0.1) is 6.92 Å². The number of hydrogen-bond acceptors (Lipinski definition) is 3. The number of rotatable bonds is 6. The van der Waals surface area contributed by atoms with Crippen molar-refractivity contribution in [2.45, 2.75) is 45.6 Å². The van der Waals surface area contributed by atoms with Gasteiger partial charge in [0.15, 0.2) is 5.75 Å². The smallest absolute Gasteiger partial charge is 0.341 e. The standard InChI is InChI=1S/C19H23NO4/c1-4-19(5-2,14-8-6-7-13(3)9-14)12-20-10-15(18(23)24)17(22)16(21)11-20/h6-11,21H,4-5,12H2,1-3H3,(H,23,24). The summed E-state index contributed by atoms with van der Waals surface area (Å²) in [5.74, 6) is -1.88. The van der Waals surface area contributed by atoms with Gasteiger partial charge in [0.1, 0.15) is 5.56 Å². The molecule has 0 aliphatic carbocycles. The summed E-state index contributed by atoms with van der Waals surface area (Å²) in [5, 5.41) is 18.9. The molecule has 128 valence electrons. The molecule has 5 heteroatoms. The van der Waals surface area contributed by atoms with Gasteiger partial charge in [0.25, 0.3) is 0 Å². The van der Waals surface area contributed by atoms with Crippen LogP contribution in [-0.2, 0) is 12.0 Å². The highest BCUT2D eigenvalue weighted by Crippen LogP contribution is 2.34. The summed E-state index contributed by atoms with van der Waals surface area (Å²) in [6.07, 6.45) is 4.31. The summed E-state index contributed by atoms with van der Waals surface area (Å²) in [5.41, 5.74) is 0.854. The fourth-order valence-corrected chi connectivity index (χ4v) is 3.16. The number of aromatic nitrogens is 1. The molecule has 0 fully saturated rings. The fourth-order valence-electron chi connectivity index (χ4n) is 3.16.